The molecule has 6 nitrogen and oxygen atoms in total. The van der Waals surface area contributed by atoms with Crippen LogP contribution in [0.5, 0.6) is 0 Å². The number of pyridine rings is 1. The Kier molecular flexibility index (Phi) is 4.35. The number of rotatable bonds is 3. The van der Waals surface area contributed by atoms with Crippen LogP contribution in [-0.2, 0) is 4.79 Å². The first-order chi connectivity index (χ1) is 11.9. The number of carbonyl (C=O) groups excluding carboxylic acids is 2. The van der Waals surface area contributed by atoms with Crippen LogP contribution in [0.4, 0.5) is 11.4 Å². The highest BCUT2D eigenvalue weighted by molar-refractivity contribution is 6.05. The number of fused-ring (bicyclic) bond motifs is 1. The van der Waals surface area contributed by atoms with E-state index in [1.54, 1.807) is 49.4 Å². The Morgan fingerprint density at radius 3 is 2.28 bits per heavy atom. The minimum absolute atomic E-state index is 0.149. The van der Waals surface area contributed by atoms with Crippen LogP contribution in [0.2, 0.25) is 0 Å². The molecule has 0 aliphatic heterocycles. The summed E-state index contributed by atoms with van der Waals surface area (Å²) in [7, 11) is 0. The molecule has 0 fully saturated rings. The van der Waals surface area contributed by atoms with Crippen LogP contribution in [0, 0.1) is 6.92 Å². The lowest BCUT2D eigenvalue weighted by atomic mass is 10.1. The van der Waals surface area contributed by atoms with E-state index < -0.39 is 0 Å². The van der Waals surface area contributed by atoms with Crippen molar-refractivity contribution in [3.05, 3.63) is 70.0 Å². The van der Waals surface area contributed by atoms with Gasteiger partial charge in [-0.15, -0.1) is 0 Å². The number of hydrogen-bond acceptors (Lipinski definition) is 3. The maximum atomic E-state index is 12.3. The highest BCUT2D eigenvalue weighted by Crippen LogP contribution is 2.18. The summed E-state index contributed by atoms with van der Waals surface area (Å²) >= 11 is 0. The molecule has 0 aliphatic rings. The van der Waals surface area contributed by atoms with E-state index in [-0.39, 0.29) is 17.4 Å². The molecule has 0 bridgehead atoms. The van der Waals surface area contributed by atoms with Gasteiger partial charge in [-0.1, -0.05) is 6.07 Å². The number of benzene rings is 2. The molecule has 0 radical (unpaired) electrons. The Hall–Kier alpha value is -3.41. The van der Waals surface area contributed by atoms with Gasteiger partial charge in [-0.2, -0.15) is 0 Å². The fraction of sp³-hybridized carbons (Fsp3) is 0.105. The zero-order valence-electron chi connectivity index (χ0n) is 13.8. The van der Waals surface area contributed by atoms with Crippen molar-refractivity contribution in [2.24, 2.45) is 0 Å². The minimum Gasteiger partial charge on any atom is -0.326 e. The van der Waals surface area contributed by atoms with Crippen molar-refractivity contribution in [2.45, 2.75) is 13.8 Å². The van der Waals surface area contributed by atoms with Crippen LogP contribution in [0.3, 0.4) is 0 Å². The normalized spacial score (nSPS) is 10.5. The summed E-state index contributed by atoms with van der Waals surface area (Å²) in [6.45, 7) is 3.17. The van der Waals surface area contributed by atoms with E-state index in [9.17, 15) is 14.4 Å². The maximum Gasteiger partial charge on any atom is 0.255 e. The average molecular weight is 335 g/mol. The maximum absolute atomic E-state index is 12.3. The van der Waals surface area contributed by atoms with Gasteiger partial charge in [0.05, 0.1) is 5.52 Å². The van der Waals surface area contributed by atoms with E-state index in [0.717, 1.165) is 5.39 Å². The first kappa shape index (κ1) is 16.4. The minimum atomic E-state index is -0.275. The number of H-pyrrole nitrogens is 1. The van der Waals surface area contributed by atoms with Crippen molar-refractivity contribution >= 4 is 34.1 Å². The zero-order chi connectivity index (χ0) is 18.0. The molecular weight excluding hydrogens is 318 g/mol. The van der Waals surface area contributed by atoms with Crippen LogP contribution in [0.25, 0.3) is 10.9 Å². The van der Waals surface area contributed by atoms with E-state index >= 15 is 0 Å². The number of aromatic amines is 1. The molecule has 1 aromatic heterocycles. The second-order valence-electron chi connectivity index (χ2n) is 5.80. The van der Waals surface area contributed by atoms with Gasteiger partial charge >= 0.3 is 0 Å². The summed E-state index contributed by atoms with van der Waals surface area (Å²) in [6.07, 6.45) is 0. The third kappa shape index (κ3) is 3.74. The third-order valence-electron chi connectivity index (χ3n) is 3.76. The number of amides is 2. The van der Waals surface area contributed by atoms with Crippen molar-refractivity contribution in [1.82, 2.24) is 4.98 Å². The Labute approximate surface area is 143 Å². The molecule has 0 saturated heterocycles. The van der Waals surface area contributed by atoms with E-state index in [1.165, 1.54) is 6.92 Å². The number of aryl methyl sites for hydroxylation is 1. The first-order valence-electron chi connectivity index (χ1n) is 7.75. The van der Waals surface area contributed by atoms with Gasteiger partial charge in [-0.25, -0.2) is 0 Å². The smallest absolute Gasteiger partial charge is 0.255 e. The second-order valence-corrected chi connectivity index (χ2v) is 5.80. The lowest BCUT2D eigenvalue weighted by molar-refractivity contribution is -0.114. The summed E-state index contributed by atoms with van der Waals surface area (Å²) < 4.78 is 0. The fourth-order valence-electron chi connectivity index (χ4n) is 2.50. The quantitative estimate of drug-likeness (QED) is 0.687. The molecule has 1 heterocycles. The van der Waals surface area contributed by atoms with Gasteiger partial charge in [-0.3, -0.25) is 14.4 Å². The SMILES string of the molecule is CC(=O)Nc1ccc(C(=O)Nc2ccc3cc(C)c(=O)[nH]c3c2)cc1. The molecule has 3 aromatic rings. The zero-order valence-corrected chi connectivity index (χ0v) is 13.8. The summed E-state index contributed by atoms with van der Waals surface area (Å²) in [5.41, 5.74) is 2.83. The highest BCUT2D eigenvalue weighted by Gasteiger charge is 2.07. The molecule has 6 heteroatoms. The van der Waals surface area contributed by atoms with Crippen molar-refractivity contribution in [3.63, 3.8) is 0 Å². The molecule has 25 heavy (non-hydrogen) atoms. The summed E-state index contributed by atoms with van der Waals surface area (Å²) in [5.74, 6) is -0.444. The molecule has 2 aromatic carbocycles. The van der Waals surface area contributed by atoms with Gasteiger partial charge in [0.1, 0.15) is 0 Å². The van der Waals surface area contributed by atoms with Crippen molar-refractivity contribution in [1.29, 1.82) is 0 Å². The van der Waals surface area contributed by atoms with Crippen LogP contribution in [0.1, 0.15) is 22.8 Å². The topological polar surface area (TPSA) is 91.1 Å². The third-order valence-corrected chi connectivity index (χ3v) is 3.76. The fourth-order valence-corrected chi connectivity index (χ4v) is 2.50. The summed E-state index contributed by atoms with van der Waals surface area (Å²) in [4.78, 5) is 37.9. The first-order valence-corrected chi connectivity index (χ1v) is 7.75. The van der Waals surface area contributed by atoms with Crippen LogP contribution in [-0.4, -0.2) is 16.8 Å². The Morgan fingerprint density at radius 2 is 1.60 bits per heavy atom. The predicted octanol–water partition coefficient (Wildman–Crippen LogP) is 3.05. The molecule has 0 unspecified atom stereocenters. The van der Waals surface area contributed by atoms with E-state index in [4.69, 9.17) is 0 Å². The molecule has 0 aliphatic carbocycles. The van der Waals surface area contributed by atoms with Crippen molar-refractivity contribution < 1.29 is 9.59 Å². The van der Waals surface area contributed by atoms with Crippen molar-refractivity contribution in [2.75, 3.05) is 10.6 Å². The number of anilines is 2. The van der Waals surface area contributed by atoms with Gasteiger partial charge in [0.25, 0.3) is 11.5 Å². The molecule has 0 spiro atoms. The Balaban J connectivity index is 1.80. The Bertz CT molecular complexity index is 1020. The van der Waals surface area contributed by atoms with E-state index in [0.29, 0.717) is 28.0 Å². The van der Waals surface area contributed by atoms with Gasteiger partial charge in [0.2, 0.25) is 5.91 Å². The summed E-state index contributed by atoms with van der Waals surface area (Å²) in [5, 5.41) is 6.34. The van der Waals surface area contributed by atoms with Gasteiger partial charge < -0.3 is 15.6 Å². The van der Waals surface area contributed by atoms with Crippen LogP contribution < -0.4 is 16.2 Å². The monoisotopic (exact) mass is 335 g/mol. The van der Waals surface area contributed by atoms with Crippen LogP contribution >= 0.6 is 0 Å². The largest absolute Gasteiger partial charge is 0.326 e. The molecule has 0 saturated carbocycles. The lowest BCUT2D eigenvalue weighted by Gasteiger charge is -2.08. The predicted molar refractivity (Wildman–Crippen MR) is 98.0 cm³/mol. The Morgan fingerprint density at radius 1 is 0.920 bits per heavy atom. The molecule has 3 N–H and O–H groups in total. The van der Waals surface area contributed by atoms with E-state index in [1.807, 2.05) is 6.07 Å². The number of aromatic nitrogens is 1. The molecule has 2 amide bonds. The highest BCUT2D eigenvalue weighted by atomic mass is 16.2. The lowest BCUT2D eigenvalue weighted by Crippen LogP contribution is -2.13. The van der Waals surface area contributed by atoms with Crippen LogP contribution in [0.15, 0.2) is 53.3 Å². The van der Waals surface area contributed by atoms with E-state index in [2.05, 4.69) is 15.6 Å². The average Bonchev–Trinajstić information content (AvgIpc) is 2.56. The second kappa shape index (κ2) is 6.60. The summed E-state index contributed by atoms with van der Waals surface area (Å²) in [6, 6.07) is 13.7. The number of nitrogens with one attached hydrogen (secondary N) is 3. The molecule has 126 valence electrons. The number of carbonyl (C=O) groups is 2. The molecule has 3 rings (SSSR count). The number of hydrogen-bond donors (Lipinski definition) is 3. The molecular formula is C19H17N3O3. The van der Waals surface area contributed by atoms with Gasteiger partial charge in [0, 0.05) is 29.4 Å². The van der Waals surface area contributed by atoms with Gasteiger partial charge in [0.15, 0.2) is 0 Å². The van der Waals surface area contributed by atoms with Crippen molar-refractivity contribution in [3.8, 4) is 0 Å². The standard InChI is InChI=1S/C19H17N3O3/c1-11-9-14-5-8-16(10-17(14)22-18(11)24)21-19(25)13-3-6-15(7-4-13)20-12(2)23/h3-10H,1-2H3,(H,20,23)(H,21,25)(H,22,24). The molecule has 0 atom stereocenters. The van der Waals surface area contributed by atoms with Gasteiger partial charge in [-0.05, 0) is 54.8 Å².